The minimum absolute atomic E-state index is 0.0375. The van der Waals surface area contributed by atoms with E-state index in [0.717, 1.165) is 17.6 Å². The Labute approximate surface area is 191 Å². The number of fused-ring (bicyclic) bond motifs is 3. The third-order valence-electron chi connectivity index (χ3n) is 7.40. The summed E-state index contributed by atoms with van der Waals surface area (Å²) >= 11 is 1.22. The van der Waals surface area contributed by atoms with Crippen LogP contribution in [0.2, 0.25) is 0 Å². The number of thiophene rings is 1. The molecule has 0 bridgehead atoms. The quantitative estimate of drug-likeness (QED) is 0.546. The zero-order valence-corrected chi connectivity index (χ0v) is 18.5. The minimum atomic E-state index is -0.512. The number of carbonyl (C=O) groups excluding carboxylic acids is 1. The van der Waals surface area contributed by atoms with Crippen LogP contribution in [0.15, 0.2) is 18.2 Å². The SMILES string of the molecule is Cc1ccc2c(N)c(C(=O)N[C@H]3COc4c(F)c(N5C6CN[C@@H]7C6C75)cc(F)c4C3)sc2n1. The van der Waals surface area contributed by atoms with E-state index in [1.165, 1.54) is 17.4 Å². The lowest BCUT2D eigenvalue weighted by atomic mass is 9.97. The van der Waals surface area contributed by atoms with Crippen molar-refractivity contribution in [2.45, 2.75) is 37.5 Å². The van der Waals surface area contributed by atoms with E-state index in [1.807, 2.05) is 24.0 Å². The zero-order valence-electron chi connectivity index (χ0n) is 17.7. The lowest BCUT2D eigenvalue weighted by molar-refractivity contribution is 0.0918. The molecule has 4 N–H and O–H groups in total. The molecule has 3 aliphatic heterocycles. The molecule has 1 aliphatic carbocycles. The van der Waals surface area contributed by atoms with Crippen LogP contribution in [-0.2, 0) is 6.42 Å². The van der Waals surface area contributed by atoms with E-state index in [-0.39, 0.29) is 48.0 Å². The molecule has 3 fully saturated rings. The van der Waals surface area contributed by atoms with Crippen LogP contribution in [0.1, 0.15) is 20.9 Å². The lowest BCUT2D eigenvalue weighted by Crippen LogP contribution is -2.56. The summed E-state index contributed by atoms with van der Waals surface area (Å²) in [7, 11) is 0. The smallest absolute Gasteiger partial charge is 0.263 e. The number of piperidine rings is 1. The second-order valence-electron chi connectivity index (χ2n) is 9.31. The van der Waals surface area contributed by atoms with Crippen LogP contribution in [0.4, 0.5) is 20.2 Å². The number of hydrogen-bond donors (Lipinski definition) is 3. The topological polar surface area (TPSA) is 92.5 Å². The number of aromatic nitrogens is 1. The molecule has 0 radical (unpaired) electrons. The van der Waals surface area contributed by atoms with Gasteiger partial charge in [0.2, 0.25) is 0 Å². The molecule has 1 saturated carbocycles. The molecule has 5 heterocycles. The van der Waals surface area contributed by atoms with Crippen LogP contribution in [0.5, 0.6) is 5.75 Å². The molecule has 170 valence electrons. The van der Waals surface area contributed by atoms with Crippen molar-refractivity contribution in [2.75, 3.05) is 23.8 Å². The zero-order chi connectivity index (χ0) is 22.6. The molecule has 2 saturated heterocycles. The van der Waals surface area contributed by atoms with Gasteiger partial charge in [0.1, 0.15) is 22.1 Å². The van der Waals surface area contributed by atoms with Gasteiger partial charge in [-0.05, 0) is 19.1 Å². The maximum Gasteiger partial charge on any atom is 0.263 e. The van der Waals surface area contributed by atoms with Gasteiger partial charge in [0.25, 0.3) is 5.91 Å². The Hall–Kier alpha value is -2.98. The summed E-state index contributed by atoms with van der Waals surface area (Å²) in [6.07, 6.45) is 0.145. The highest BCUT2D eigenvalue weighted by molar-refractivity contribution is 7.21. The Morgan fingerprint density at radius 1 is 1.39 bits per heavy atom. The standard InChI is InChI=1S/C23H21F2N5O2S/c1-8-2-3-10-17(26)21(33-23(10)28-8)22(31)29-9-4-11-12(24)5-13(16(25)20(11)32-7-9)30-14-6-27-18-15(14)19(18)30/h2-3,5,9,14-15,18-19,27H,4,6-7,26H2,1H3,(H,29,31)/t9-,14?,15?,18-,19?/m1/s1. The monoisotopic (exact) mass is 469 g/mol. The van der Waals surface area contributed by atoms with Gasteiger partial charge >= 0.3 is 0 Å². The summed E-state index contributed by atoms with van der Waals surface area (Å²) in [6.45, 7) is 2.73. The Kier molecular flexibility index (Phi) is 3.86. The number of hydrogen-bond acceptors (Lipinski definition) is 7. The number of amides is 1. The number of nitrogen functional groups attached to an aromatic ring is 1. The number of nitrogens with two attached hydrogens (primary N) is 1. The van der Waals surface area contributed by atoms with Crippen LogP contribution in [-0.4, -0.2) is 48.2 Å². The van der Waals surface area contributed by atoms with Gasteiger partial charge in [0.15, 0.2) is 11.6 Å². The van der Waals surface area contributed by atoms with E-state index in [1.54, 1.807) is 0 Å². The number of ether oxygens (including phenoxy) is 1. The highest BCUT2D eigenvalue weighted by Gasteiger charge is 2.72. The van der Waals surface area contributed by atoms with Gasteiger partial charge in [-0.2, -0.15) is 0 Å². The minimum Gasteiger partial charge on any atom is -0.488 e. The molecule has 5 atom stereocenters. The van der Waals surface area contributed by atoms with Crippen LogP contribution in [0, 0.1) is 24.5 Å². The second-order valence-corrected chi connectivity index (χ2v) is 10.3. The van der Waals surface area contributed by atoms with Gasteiger partial charge in [-0.3, -0.25) is 4.79 Å². The first-order valence-electron chi connectivity index (χ1n) is 11.0. The molecular weight excluding hydrogens is 448 g/mol. The maximum absolute atomic E-state index is 15.3. The summed E-state index contributed by atoms with van der Waals surface area (Å²) in [5, 5.41) is 7.00. The van der Waals surface area contributed by atoms with E-state index >= 15 is 8.78 Å². The van der Waals surface area contributed by atoms with E-state index in [2.05, 4.69) is 15.6 Å². The van der Waals surface area contributed by atoms with Crippen LogP contribution in [0.3, 0.4) is 0 Å². The van der Waals surface area contributed by atoms with Gasteiger partial charge in [-0.15, -0.1) is 11.3 Å². The molecule has 10 heteroatoms. The van der Waals surface area contributed by atoms with Crippen LogP contribution >= 0.6 is 11.3 Å². The fourth-order valence-electron chi connectivity index (χ4n) is 5.78. The van der Waals surface area contributed by atoms with Crippen molar-refractivity contribution in [3.63, 3.8) is 0 Å². The van der Waals surface area contributed by atoms with Crippen LogP contribution in [0.25, 0.3) is 10.2 Å². The number of piperazine rings is 1. The maximum atomic E-state index is 15.3. The lowest BCUT2D eigenvalue weighted by Gasteiger charge is -2.43. The molecular formula is C23H21F2N5O2S. The molecule has 2 aromatic heterocycles. The molecule has 3 aromatic rings. The first-order chi connectivity index (χ1) is 15.9. The largest absolute Gasteiger partial charge is 0.488 e. The average molecular weight is 470 g/mol. The van der Waals surface area contributed by atoms with Crippen molar-refractivity contribution in [1.82, 2.24) is 15.6 Å². The van der Waals surface area contributed by atoms with Crippen molar-refractivity contribution in [3.05, 3.63) is 46.0 Å². The van der Waals surface area contributed by atoms with Crippen molar-refractivity contribution in [1.29, 1.82) is 0 Å². The van der Waals surface area contributed by atoms with Crippen molar-refractivity contribution >= 4 is 38.8 Å². The molecule has 7 rings (SSSR count). The van der Waals surface area contributed by atoms with E-state index < -0.39 is 17.7 Å². The van der Waals surface area contributed by atoms with Gasteiger partial charge < -0.3 is 26.0 Å². The van der Waals surface area contributed by atoms with Gasteiger partial charge in [0, 0.05) is 53.7 Å². The Balaban J connectivity index is 1.13. The molecule has 0 spiro atoms. The highest BCUT2D eigenvalue weighted by atomic mass is 32.1. The molecule has 7 nitrogen and oxygen atoms in total. The first kappa shape index (κ1) is 19.5. The van der Waals surface area contributed by atoms with Gasteiger partial charge in [0.05, 0.1) is 23.5 Å². The Morgan fingerprint density at radius 3 is 3.00 bits per heavy atom. The van der Waals surface area contributed by atoms with Gasteiger partial charge in [-0.1, -0.05) is 0 Å². The second kappa shape index (κ2) is 6.54. The Bertz CT molecular complexity index is 1360. The summed E-state index contributed by atoms with van der Waals surface area (Å²) in [5.74, 6) is -0.864. The third-order valence-corrected chi connectivity index (χ3v) is 8.52. The number of benzene rings is 1. The van der Waals surface area contributed by atoms with E-state index in [4.69, 9.17) is 10.5 Å². The molecule has 4 aliphatic rings. The number of anilines is 2. The molecule has 1 aromatic carbocycles. The predicted octanol–water partition coefficient (Wildman–Crippen LogP) is 2.36. The number of nitrogens with one attached hydrogen (secondary N) is 2. The number of rotatable bonds is 3. The van der Waals surface area contributed by atoms with Crippen LogP contribution < -0.4 is 26.0 Å². The summed E-state index contributed by atoms with van der Waals surface area (Å²) < 4.78 is 36.0. The average Bonchev–Trinajstić information content (AvgIpc) is 3.06. The Morgan fingerprint density at radius 2 is 2.24 bits per heavy atom. The highest BCUT2D eigenvalue weighted by Crippen LogP contribution is 2.58. The van der Waals surface area contributed by atoms with Crippen molar-refractivity contribution in [2.24, 2.45) is 5.92 Å². The number of halogens is 2. The molecule has 3 unspecified atom stereocenters. The summed E-state index contributed by atoms with van der Waals surface area (Å²) in [5.41, 5.74) is 7.83. The predicted molar refractivity (Wildman–Crippen MR) is 121 cm³/mol. The third kappa shape index (κ3) is 2.61. The van der Waals surface area contributed by atoms with Gasteiger partial charge in [-0.25, -0.2) is 13.8 Å². The number of pyridine rings is 1. The molecule has 33 heavy (non-hydrogen) atoms. The number of aryl methyl sites for hydroxylation is 1. The van der Waals surface area contributed by atoms with Crippen molar-refractivity contribution < 1.29 is 18.3 Å². The van der Waals surface area contributed by atoms with Crippen molar-refractivity contribution in [3.8, 4) is 5.75 Å². The molecule has 1 amide bonds. The number of nitrogens with zero attached hydrogens (tertiary/aromatic N) is 2. The van der Waals surface area contributed by atoms with E-state index in [9.17, 15) is 4.79 Å². The summed E-state index contributed by atoms with van der Waals surface area (Å²) in [6, 6.07) is 5.36. The first-order valence-corrected chi connectivity index (χ1v) is 11.9. The normalized spacial score (nSPS) is 28.7. The summed E-state index contributed by atoms with van der Waals surface area (Å²) in [4.78, 5) is 20.4. The number of carbonyl (C=O) groups is 1. The fourth-order valence-corrected chi connectivity index (χ4v) is 6.83. The van der Waals surface area contributed by atoms with E-state index in [0.29, 0.717) is 27.4 Å². The fraction of sp³-hybridized carbons (Fsp3) is 0.391.